The van der Waals surface area contributed by atoms with Gasteiger partial charge in [0.25, 0.3) is 10.0 Å². The van der Waals surface area contributed by atoms with Crippen molar-refractivity contribution < 1.29 is 8.42 Å². The molecule has 2 aliphatic rings. The highest BCUT2D eigenvalue weighted by molar-refractivity contribution is 7.94. The topological polar surface area (TPSA) is 52.7 Å². The van der Waals surface area contributed by atoms with E-state index in [-0.39, 0.29) is 4.21 Å². The summed E-state index contributed by atoms with van der Waals surface area (Å²) in [5.74, 6) is 0. The van der Waals surface area contributed by atoms with Crippen LogP contribution in [0.5, 0.6) is 0 Å². The Morgan fingerprint density at radius 1 is 1.12 bits per heavy atom. The van der Waals surface area contributed by atoms with Crippen molar-refractivity contribution in [1.82, 2.24) is 5.32 Å². The largest absolute Gasteiger partial charge is 0.324 e. The molecular weight excluding hydrogens is 366 g/mol. The zero-order valence-corrected chi connectivity index (χ0v) is 15.2. The summed E-state index contributed by atoms with van der Waals surface area (Å²) in [4.78, 5) is 2.09. The molecule has 0 bridgehead atoms. The Bertz CT molecular complexity index is 908. The molecule has 0 unspecified atom stereocenters. The minimum atomic E-state index is -3.62. The fourth-order valence-corrected chi connectivity index (χ4v) is 6.05. The number of fused-ring (bicyclic) bond motifs is 1. The van der Waals surface area contributed by atoms with Crippen LogP contribution in [0, 0.1) is 0 Å². The molecule has 0 spiro atoms. The van der Waals surface area contributed by atoms with Gasteiger partial charge in [0.2, 0.25) is 0 Å². The summed E-state index contributed by atoms with van der Waals surface area (Å²) in [5.41, 5.74) is 2.79. The highest BCUT2D eigenvalue weighted by Crippen LogP contribution is 2.42. The average Bonchev–Trinajstić information content (AvgIpc) is 3.20. The Hall–Kier alpha value is -1.54. The smallest absolute Gasteiger partial charge is 0.275 e. The van der Waals surface area contributed by atoms with Crippen molar-refractivity contribution in [2.45, 2.75) is 10.6 Å². The van der Waals surface area contributed by atoms with Gasteiger partial charge in [-0.1, -0.05) is 29.8 Å². The van der Waals surface area contributed by atoms with Crippen molar-refractivity contribution in [2.75, 3.05) is 29.0 Å². The minimum Gasteiger partial charge on any atom is -0.324 e. The number of sulfonamides is 1. The van der Waals surface area contributed by atoms with Gasteiger partial charge in [-0.05, 0) is 30.7 Å². The third-order valence-electron chi connectivity index (χ3n) is 4.19. The van der Waals surface area contributed by atoms with Crippen LogP contribution in [-0.4, -0.2) is 28.2 Å². The molecule has 1 N–H and O–H groups in total. The summed E-state index contributed by atoms with van der Waals surface area (Å²) in [5, 5.41) is 3.28. The predicted octanol–water partition coefficient (Wildman–Crippen LogP) is 3.25. The van der Waals surface area contributed by atoms with Crippen LogP contribution in [0.25, 0.3) is 0 Å². The molecule has 2 aromatic rings. The molecule has 0 atom stereocenters. The lowest BCUT2D eigenvalue weighted by Crippen LogP contribution is -2.36. The molecular formula is C16H16ClN3O2S2. The van der Waals surface area contributed by atoms with E-state index < -0.39 is 10.0 Å². The lowest BCUT2D eigenvalue weighted by molar-refractivity contribution is 0.593. The van der Waals surface area contributed by atoms with Gasteiger partial charge in [0.1, 0.15) is 10.9 Å². The number of hydrogen-bond acceptors (Lipinski definition) is 5. The normalized spacial score (nSPS) is 17.8. The van der Waals surface area contributed by atoms with Crippen LogP contribution in [0.2, 0.25) is 4.34 Å². The molecule has 24 heavy (non-hydrogen) atoms. The maximum Gasteiger partial charge on any atom is 0.275 e. The quantitative estimate of drug-likeness (QED) is 0.886. The van der Waals surface area contributed by atoms with Crippen LogP contribution < -0.4 is 14.5 Å². The van der Waals surface area contributed by atoms with E-state index in [1.54, 1.807) is 12.1 Å². The number of halogens is 1. The van der Waals surface area contributed by atoms with E-state index in [0.717, 1.165) is 42.2 Å². The van der Waals surface area contributed by atoms with Gasteiger partial charge in [-0.15, -0.1) is 11.3 Å². The van der Waals surface area contributed by atoms with E-state index >= 15 is 0 Å². The van der Waals surface area contributed by atoms with Crippen LogP contribution in [0.4, 0.5) is 11.4 Å². The zero-order valence-electron chi connectivity index (χ0n) is 12.8. The molecule has 4 rings (SSSR count). The molecule has 2 aliphatic heterocycles. The van der Waals surface area contributed by atoms with Gasteiger partial charge in [-0.2, -0.15) is 0 Å². The number of para-hydroxylation sites is 2. The lowest BCUT2D eigenvalue weighted by Gasteiger charge is -2.26. The molecule has 0 amide bonds. The Labute approximate surface area is 150 Å². The molecule has 0 saturated heterocycles. The summed E-state index contributed by atoms with van der Waals surface area (Å²) in [6.07, 6.45) is 3.01. The molecule has 1 aromatic carbocycles. The second kappa shape index (κ2) is 6.07. The highest BCUT2D eigenvalue weighted by Gasteiger charge is 2.36. The van der Waals surface area contributed by atoms with Gasteiger partial charge in [0.05, 0.1) is 15.7 Å². The van der Waals surface area contributed by atoms with Crippen LogP contribution in [-0.2, 0) is 10.0 Å². The molecule has 1 aromatic heterocycles. The number of hydrogen-bond donors (Lipinski definition) is 1. The summed E-state index contributed by atoms with van der Waals surface area (Å²) in [6, 6.07) is 10.8. The molecule has 0 radical (unpaired) electrons. The van der Waals surface area contributed by atoms with Gasteiger partial charge in [0.15, 0.2) is 0 Å². The van der Waals surface area contributed by atoms with Gasteiger partial charge >= 0.3 is 0 Å². The van der Waals surface area contributed by atoms with Crippen molar-refractivity contribution >= 4 is 44.3 Å². The molecule has 0 saturated carbocycles. The van der Waals surface area contributed by atoms with Gasteiger partial charge < -0.3 is 10.2 Å². The van der Waals surface area contributed by atoms with Crippen LogP contribution in [0.3, 0.4) is 0 Å². The average molecular weight is 382 g/mol. The van der Waals surface area contributed by atoms with Gasteiger partial charge in [-0.3, -0.25) is 0 Å². The van der Waals surface area contributed by atoms with Crippen LogP contribution >= 0.6 is 22.9 Å². The van der Waals surface area contributed by atoms with E-state index in [0.29, 0.717) is 16.7 Å². The van der Waals surface area contributed by atoms with E-state index in [9.17, 15) is 8.42 Å². The van der Waals surface area contributed by atoms with E-state index in [1.165, 1.54) is 4.31 Å². The van der Waals surface area contributed by atoms with Gasteiger partial charge in [0, 0.05) is 18.8 Å². The first kappa shape index (κ1) is 16.0. The number of benzene rings is 1. The minimum absolute atomic E-state index is 0.267. The number of nitrogens with zero attached hydrogens (tertiary/aromatic N) is 2. The maximum atomic E-state index is 13.1. The van der Waals surface area contributed by atoms with Crippen LogP contribution in [0.1, 0.15) is 6.42 Å². The SMILES string of the molecule is O=S(=O)(c1ccc(Cl)s1)N1CN(C2=CCNCC2)c2ccccc21. The van der Waals surface area contributed by atoms with E-state index in [4.69, 9.17) is 11.6 Å². The number of thiophene rings is 1. The Balaban J connectivity index is 1.77. The second-order valence-electron chi connectivity index (χ2n) is 5.62. The first-order valence-electron chi connectivity index (χ1n) is 7.62. The third-order valence-corrected chi connectivity index (χ3v) is 7.64. The van der Waals surface area contributed by atoms with Gasteiger partial charge in [-0.25, -0.2) is 12.7 Å². The Morgan fingerprint density at radius 3 is 2.58 bits per heavy atom. The molecule has 0 aliphatic carbocycles. The molecule has 8 heteroatoms. The van der Waals surface area contributed by atoms with Crippen molar-refractivity contribution in [1.29, 1.82) is 0 Å². The fourth-order valence-electron chi connectivity index (χ4n) is 3.04. The number of rotatable bonds is 3. The standard InChI is InChI=1S/C16H16ClN3O2S2/c17-15-5-6-16(23-15)24(21,22)20-11-19(12-7-9-18-10-8-12)13-3-1-2-4-14(13)20/h1-7,18H,8-11H2. The maximum absolute atomic E-state index is 13.1. The highest BCUT2D eigenvalue weighted by atomic mass is 35.5. The van der Waals surface area contributed by atoms with Crippen molar-refractivity contribution in [3.63, 3.8) is 0 Å². The van der Waals surface area contributed by atoms with Crippen molar-refractivity contribution in [2.24, 2.45) is 0 Å². The zero-order chi connectivity index (χ0) is 16.7. The summed E-state index contributed by atoms with van der Waals surface area (Å²) < 4.78 is 28.3. The first-order chi connectivity index (χ1) is 11.6. The van der Waals surface area contributed by atoms with Crippen molar-refractivity contribution in [3.05, 3.63) is 52.5 Å². The first-order valence-corrected chi connectivity index (χ1v) is 10.3. The molecule has 126 valence electrons. The molecule has 3 heterocycles. The third kappa shape index (κ3) is 2.61. The number of anilines is 2. The Kier molecular flexibility index (Phi) is 4.04. The number of nitrogens with one attached hydrogen (secondary N) is 1. The lowest BCUT2D eigenvalue weighted by atomic mass is 10.2. The summed E-state index contributed by atoms with van der Waals surface area (Å²) >= 11 is 7.02. The van der Waals surface area contributed by atoms with E-state index in [2.05, 4.69) is 16.3 Å². The van der Waals surface area contributed by atoms with Crippen molar-refractivity contribution in [3.8, 4) is 0 Å². The molecule has 5 nitrogen and oxygen atoms in total. The summed E-state index contributed by atoms with van der Waals surface area (Å²) in [7, 11) is -3.62. The second-order valence-corrected chi connectivity index (χ2v) is 9.42. The Morgan fingerprint density at radius 2 is 1.92 bits per heavy atom. The fraction of sp³-hybridized carbons (Fsp3) is 0.250. The predicted molar refractivity (Wildman–Crippen MR) is 98.4 cm³/mol. The van der Waals surface area contributed by atoms with Crippen LogP contribution in [0.15, 0.2) is 52.4 Å². The van der Waals surface area contributed by atoms with E-state index in [1.807, 2.05) is 24.3 Å². The monoisotopic (exact) mass is 381 g/mol. The summed E-state index contributed by atoms with van der Waals surface area (Å²) in [6.45, 7) is 2.00. The molecule has 0 fully saturated rings.